The molecule has 5 aromatic heterocycles. The number of piperidine rings is 1. The van der Waals surface area contributed by atoms with Gasteiger partial charge in [-0.25, -0.2) is 14.4 Å². The highest BCUT2D eigenvalue weighted by molar-refractivity contribution is 7.17. The van der Waals surface area contributed by atoms with Gasteiger partial charge in [-0.2, -0.15) is 0 Å². The van der Waals surface area contributed by atoms with Crippen LogP contribution < -0.4 is 11.1 Å². The minimum Gasteiger partial charge on any atom is -0.344 e. The molecule has 1 saturated carbocycles. The summed E-state index contributed by atoms with van der Waals surface area (Å²) in [6, 6.07) is 12.8. The van der Waals surface area contributed by atoms with Gasteiger partial charge in [0.15, 0.2) is 5.82 Å². The molecule has 262 valence electrons. The Balaban J connectivity index is 1.12. The number of fused-ring (bicyclic) bond motifs is 4. The van der Waals surface area contributed by atoms with Gasteiger partial charge in [-0.15, -0.1) is 11.3 Å². The SMILES string of the molecule is C[C@@H]1[C@H](N)CCCN1C(=O)c1cc(F)c2c(c1)nc(-c1cc3ccc4nc3n1CCCCCc1nc3ccsc3cc1C(=O)N[C@@H]4C)n2C1CC1. The molecule has 2 bridgehead atoms. The summed E-state index contributed by atoms with van der Waals surface area (Å²) in [6.45, 7) is 5.23. The Kier molecular flexibility index (Phi) is 7.92. The van der Waals surface area contributed by atoms with Gasteiger partial charge in [-0.3, -0.25) is 14.6 Å². The summed E-state index contributed by atoms with van der Waals surface area (Å²) in [6.07, 6.45) is 6.98. The zero-order chi connectivity index (χ0) is 35.0. The van der Waals surface area contributed by atoms with Gasteiger partial charge in [0.05, 0.1) is 44.4 Å². The maximum Gasteiger partial charge on any atom is 0.254 e. The summed E-state index contributed by atoms with van der Waals surface area (Å²) in [5.41, 5.74) is 12.3. The Morgan fingerprint density at radius 3 is 2.67 bits per heavy atom. The third-order valence-electron chi connectivity index (χ3n) is 11.0. The smallest absolute Gasteiger partial charge is 0.254 e. The van der Waals surface area contributed by atoms with E-state index in [1.807, 2.05) is 48.1 Å². The third kappa shape index (κ3) is 5.59. The first-order valence-corrected chi connectivity index (χ1v) is 19.1. The molecule has 7 heterocycles. The lowest BCUT2D eigenvalue weighted by atomic mass is 9.97. The number of rotatable bonds is 3. The summed E-state index contributed by atoms with van der Waals surface area (Å²) < 4.78 is 21.5. The van der Waals surface area contributed by atoms with Crippen molar-refractivity contribution in [1.29, 1.82) is 0 Å². The first-order valence-electron chi connectivity index (χ1n) is 18.2. The van der Waals surface area contributed by atoms with Crippen molar-refractivity contribution in [2.24, 2.45) is 5.73 Å². The maximum atomic E-state index is 16.2. The quantitative estimate of drug-likeness (QED) is 0.199. The zero-order valence-electron chi connectivity index (χ0n) is 28.9. The van der Waals surface area contributed by atoms with E-state index in [9.17, 15) is 9.59 Å². The van der Waals surface area contributed by atoms with E-state index in [1.54, 1.807) is 22.3 Å². The van der Waals surface area contributed by atoms with Gasteiger partial charge >= 0.3 is 0 Å². The van der Waals surface area contributed by atoms with Gasteiger partial charge in [0, 0.05) is 42.2 Å². The number of hydrogen-bond acceptors (Lipinski definition) is 7. The second-order valence-electron chi connectivity index (χ2n) is 14.5. The molecule has 0 spiro atoms. The summed E-state index contributed by atoms with van der Waals surface area (Å²) in [7, 11) is 0. The van der Waals surface area contributed by atoms with E-state index in [4.69, 9.17) is 20.7 Å². The number of aryl methyl sites for hydroxylation is 2. The van der Waals surface area contributed by atoms with E-state index in [0.29, 0.717) is 47.5 Å². The van der Waals surface area contributed by atoms with Crippen LogP contribution in [0.2, 0.25) is 0 Å². The van der Waals surface area contributed by atoms with Gasteiger partial charge in [0.1, 0.15) is 17.0 Å². The largest absolute Gasteiger partial charge is 0.344 e. The number of nitrogens with one attached hydrogen (secondary N) is 1. The molecule has 0 unspecified atom stereocenters. The highest BCUT2D eigenvalue weighted by atomic mass is 32.1. The molecule has 2 fully saturated rings. The number of nitrogens with zero attached hydrogens (tertiary/aromatic N) is 6. The minimum atomic E-state index is -0.439. The van der Waals surface area contributed by atoms with E-state index in [1.165, 1.54) is 6.07 Å². The highest BCUT2D eigenvalue weighted by Gasteiger charge is 2.34. The number of hydrogen-bond donors (Lipinski definition) is 2. The van der Waals surface area contributed by atoms with Crippen molar-refractivity contribution in [3.63, 3.8) is 0 Å². The Morgan fingerprint density at radius 2 is 1.82 bits per heavy atom. The lowest BCUT2D eigenvalue weighted by Crippen LogP contribution is -2.52. The van der Waals surface area contributed by atoms with Gasteiger partial charge < -0.3 is 25.1 Å². The molecule has 12 heteroatoms. The van der Waals surface area contributed by atoms with E-state index in [-0.39, 0.29) is 36.0 Å². The molecule has 6 aromatic rings. The summed E-state index contributed by atoms with van der Waals surface area (Å²) in [4.78, 5) is 44.3. The molecule has 1 aliphatic carbocycles. The van der Waals surface area contributed by atoms with Crippen LogP contribution in [-0.4, -0.2) is 59.4 Å². The molecule has 0 radical (unpaired) electrons. The second-order valence-corrected chi connectivity index (χ2v) is 15.5. The van der Waals surface area contributed by atoms with Crippen LogP contribution in [-0.2, 0) is 13.0 Å². The molecule has 2 amide bonds. The first kappa shape index (κ1) is 32.2. The number of pyridine rings is 2. The van der Waals surface area contributed by atoms with E-state index in [0.717, 1.165) is 83.3 Å². The summed E-state index contributed by atoms with van der Waals surface area (Å²) in [5, 5.41) is 6.15. The fourth-order valence-corrected chi connectivity index (χ4v) is 8.77. The standard InChI is InChI=1S/C39H41FN8O2S/c1-21-29-12-9-23-19-33(47(36(23)44-29)14-5-3-4-8-30-26(38(49)42-21)20-34-31(43-30)13-16-51-34)37-45-32-18-24(17-27(40)35(32)48(37)25-10-11-25)39(50)46-15-6-7-28(41)22(46)2/h9,12-13,16-22,25,28H,3-8,10-11,14-15,41H2,1-2H3,(H,42,49)/t21-,22-,28-/m1/s1. The van der Waals surface area contributed by atoms with Crippen molar-refractivity contribution in [2.45, 2.75) is 95.9 Å². The fourth-order valence-electron chi connectivity index (χ4n) is 8.00. The van der Waals surface area contributed by atoms with Gasteiger partial charge in [0.2, 0.25) is 0 Å². The van der Waals surface area contributed by atoms with Crippen molar-refractivity contribution in [2.75, 3.05) is 6.54 Å². The lowest BCUT2D eigenvalue weighted by Gasteiger charge is -2.37. The molecule has 9 rings (SSSR count). The van der Waals surface area contributed by atoms with Crippen LogP contribution in [0.3, 0.4) is 0 Å². The summed E-state index contributed by atoms with van der Waals surface area (Å²) >= 11 is 1.59. The Labute approximate surface area is 298 Å². The van der Waals surface area contributed by atoms with Crippen LogP contribution in [0.15, 0.2) is 47.8 Å². The van der Waals surface area contributed by atoms with Crippen LogP contribution in [0.4, 0.5) is 4.39 Å². The average Bonchev–Trinajstić information content (AvgIpc) is 3.55. The van der Waals surface area contributed by atoms with Crippen LogP contribution in [0.25, 0.3) is 43.8 Å². The number of aromatic nitrogens is 5. The summed E-state index contributed by atoms with van der Waals surface area (Å²) in [5.74, 6) is -0.111. The van der Waals surface area contributed by atoms with E-state index >= 15 is 4.39 Å². The predicted molar refractivity (Wildman–Crippen MR) is 197 cm³/mol. The molecule has 10 nitrogen and oxygen atoms in total. The van der Waals surface area contributed by atoms with Gasteiger partial charge in [-0.1, -0.05) is 6.42 Å². The minimum absolute atomic E-state index is 0.0974. The number of benzene rings is 1. The number of carbonyl (C=O) groups excluding carboxylic acids is 2. The number of likely N-dealkylation sites (tertiary alicyclic amines) is 1. The van der Waals surface area contributed by atoms with Crippen molar-refractivity contribution in [3.8, 4) is 11.5 Å². The topological polar surface area (TPSA) is 124 Å². The van der Waals surface area contributed by atoms with Crippen molar-refractivity contribution in [1.82, 2.24) is 34.3 Å². The molecule has 51 heavy (non-hydrogen) atoms. The predicted octanol–water partition coefficient (Wildman–Crippen LogP) is 7.31. The van der Waals surface area contributed by atoms with E-state index < -0.39 is 5.82 Å². The molecule has 3 N–H and O–H groups in total. The fraction of sp³-hybridized carbons (Fsp3) is 0.410. The molecular formula is C39H41FN8O2S. The van der Waals surface area contributed by atoms with E-state index in [2.05, 4.69) is 16.0 Å². The number of nitrogens with two attached hydrogens (primary N) is 1. The Morgan fingerprint density at radius 1 is 0.961 bits per heavy atom. The van der Waals surface area contributed by atoms with Crippen molar-refractivity contribution >= 4 is 55.4 Å². The molecular weight excluding hydrogens is 664 g/mol. The average molecular weight is 705 g/mol. The van der Waals surface area contributed by atoms with Crippen LogP contribution in [0.5, 0.6) is 0 Å². The number of halogens is 1. The van der Waals surface area contributed by atoms with Crippen molar-refractivity contribution in [3.05, 3.63) is 76.2 Å². The first-order chi connectivity index (χ1) is 24.7. The zero-order valence-corrected chi connectivity index (χ0v) is 29.7. The molecule has 2 aliphatic heterocycles. The number of amides is 2. The normalized spacial score (nSPS) is 21.7. The molecule has 1 aromatic carbocycles. The maximum absolute atomic E-state index is 16.2. The van der Waals surface area contributed by atoms with Crippen LogP contribution >= 0.6 is 11.3 Å². The van der Waals surface area contributed by atoms with Crippen LogP contribution in [0, 0.1) is 5.82 Å². The second kappa shape index (κ2) is 12.5. The monoisotopic (exact) mass is 704 g/mol. The number of carbonyl (C=O) groups is 2. The Bertz CT molecular complexity index is 2360. The number of thiophene rings is 1. The van der Waals surface area contributed by atoms with Crippen molar-refractivity contribution < 1.29 is 14.0 Å². The Hall–Kier alpha value is -4.68. The van der Waals surface area contributed by atoms with Gasteiger partial charge in [-0.05, 0) is 107 Å². The highest BCUT2D eigenvalue weighted by Crippen LogP contribution is 2.43. The number of imidazole rings is 1. The molecule has 3 aliphatic rings. The lowest BCUT2D eigenvalue weighted by molar-refractivity contribution is 0.0604. The third-order valence-corrected chi connectivity index (χ3v) is 11.9. The van der Waals surface area contributed by atoms with Crippen LogP contribution in [0.1, 0.15) is 103 Å². The molecule has 1 saturated heterocycles. The van der Waals surface area contributed by atoms with Gasteiger partial charge in [0.25, 0.3) is 11.8 Å². The molecule has 3 atom stereocenters.